The standard InChI is InChI=1S/C14H18BrClN2O3/c1-8(2)5-9(13(19)20)7-17-14(21)18-12-4-3-10(15)6-11(12)16/h3-4,6,8-9H,5,7H2,1-2H3,(H,19,20)(H2,17,18,21). The van der Waals surface area contributed by atoms with Gasteiger partial charge in [0.2, 0.25) is 0 Å². The van der Waals surface area contributed by atoms with Crippen LogP contribution in [0.1, 0.15) is 20.3 Å². The van der Waals surface area contributed by atoms with Crippen molar-refractivity contribution in [1.29, 1.82) is 0 Å². The predicted octanol–water partition coefficient (Wildman–Crippen LogP) is 3.97. The van der Waals surface area contributed by atoms with Gasteiger partial charge in [0, 0.05) is 11.0 Å². The molecule has 0 spiro atoms. The van der Waals surface area contributed by atoms with Gasteiger partial charge >= 0.3 is 12.0 Å². The fourth-order valence-electron chi connectivity index (χ4n) is 1.81. The minimum absolute atomic E-state index is 0.0769. The molecule has 1 atom stereocenters. The number of carbonyl (C=O) groups is 2. The molecular formula is C14H18BrClN2O3. The van der Waals surface area contributed by atoms with E-state index in [0.717, 1.165) is 4.47 Å². The Morgan fingerprint density at radius 3 is 2.57 bits per heavy atom. The molecule has 116 valence electrons. The van der Waals surface area contributed by atoms with E-state index in [9.17, 15) is 9.59 Å². The molecule has 0 aromatic heterocycles. The lowest BCUT2D eigenvalue weighted by Crippen LogP contribution is -2.36. The predicted molar refractivity (Wildman–Crippen MR) is 86.8 cm³/mol. The Morgan fingerprint density at radius 2 is 2.05 bits per heavy atom. The fraction of sp³-hybridized carbons (Fsp3) is 0.429. The summed E-state index contributed by atoms with van der Waals surface area (Å²) in [7, 11) is 0. The number of halogens is 2. The molecule has 0 radical (unpaired) electrons. The molecule has 2 amide bonds. The van der Waals surface area contributed by atoms with Crippen LogP contribution in [0.25, 0.3) is 0 Å². The summed E-state index contributed by atoms with van der Waals surface area (Å²) in [5.74, 6) is -1.27. The van der Waals surface area contributed by atoms with Crippen molar-refractivity contribution < 1.29 is 14.7 Å². The van der Waals surface area contributed by atoms with E-state index in [2.05, 4.69) is 26.6 Å². The highest BCUT2D eigenvalue weighted by atomic mass is 79.9. The SMILES string of the molecule is CC(C)CC(CNC(=O)Nc1ccc(Br)cc1Cl)C(=O)O. The maximum Gasteiger partial charge on any atom is 0.319 e. The largest absolute Gasteiger partial charge is 0.481 e. The van der Waals surface area contributed by atoms with E-state index in [1.165, 1.54) is 0 Å². The molecular weight excluding hydrogens is 360 g/mol. The molecule has 0 heterocycles. The molecule has 21 heavy (non-hydrogen) atoms. The van der Waals surface area contributed by atoms with Gasteiger partial charge in [-0.1, -0.05) is 41.4 Å². The molecule has 0 aliphatic carbocycles. The number of hydrogen-bond acceptors (Lipinski definition) is 2. The van der Waals surface area contributed by atoms with Gasteiger partial charge in [-0.15, -0.1) is 0 Å². The maximum atomic E-state index is 11.8. The Labute approximate surface area is 137 Å². The number of urea groups is 1. The Hall–Kier alpha value is -1.27. The van der Waals surface area contributed by atoms with Crippen molar-refractivity contribution in [3.63, 3.8) is 0 Å². The lowest BCUT2D eigenvalue weighted by atomic mass is 9.97. The van der Waals surface area contributed by atoms with Crippen molar-refractivity contribution in [3.05, 3.63) is 27.7 Å². The summed E-state index contributed by atoms with van der Waals surface area (Å²) in [4.78, 5) is 22.9. The molecule has 0 fully saturated rings. The molecule has 0 aliphatic rings. The van der Waals surface area contributed by atoms with Gasteiger partial charge < -0.3 is 15.7 Å². The third kappa shape index (κ3) is 6.35. The maximum absolute atomic E-state index is 11.8. The zero-order valence-electron chi connectivity index (χ0n) is 11.8. The lowest BCUT2D eigenvalue weighted by molar-refractivity contribution is -0.142. The lowest BCUT2D eigenvalue weighted by Gasteiger charge is -2.16. The zero-order chi connectivity index (χ0) is 16.0. The van der Waals surface area contributed by atoms with E-state index in [0.29, 0.717) is 17.1 Å². The zero-order valence-corrected chi connectivity index (χ0v) is 14.2. The van der Waals surface area contributed by atoms with Gasteiger partial charge in [-0.2, -0.15) is 0 Å². The first-order chi connectivity index (χ1) is 9.79. The van der Waals surface area contributed by atoms with Gasteiger partial charge in [-0.3, -0.25) is 4.79 Å². The van der Waals surface area contributed by atoms with Crippen molar-refractivity contribution in [1.82, 2.24) is 5.32 Å². The second-order valence-corrected chi connectivity index (χ2v) is 6.45. The number of nitrogens with one attached hydrogen (secondary N) is 2. The molecule has 1 aromatic rings. The first-order valence-electron chi connectivity index (χ1n) is 6.52. The number of carbonyl (C=O) groups excluding carboxylic acids is 1. The molecule has 7 heteroatoms. The van der Waals surface area contributed by atoms with Crippen molar-refractivity contribution >= 4 is 45.2 Å². The fourth-order valence-corrected chi connectivity index (χ4v) is 2.53. The summed E-state index contributed by atoms with van der Waals surface area (Å²) in [6, 6.07) is 4.60. The Bertz CT molecular complexity index is 523. The van der Waals surface area contributed by atoms with E-state index in [-0.39, 0.29) is 12.5 Å². The van der Waals surface area contributed by atoms with Crippen LogP contribution in [0.4, 0.5) is 10.5 Å². The number of benzene rings is 1. The van der Waals surface area contributed by atoms with Crippen LogP contribution in [0.2, 0.25) is 5.02 Å². The minimum Gasteiger partial charge on any atom is -0.481 e. The van der Waals surface area contributed by atoms with Crippen LogP contribution in [0.5, 0.6) is 0 Å². The number of carboxylic acid groups (broad SMARTS) is 1. The van der Waals surface area contributed by atoms with E-state index in [1.54, 1.807) is 18.2 Å². The first kappa shape index (κ1) is 17.8. The summed E-state index contributed by atoms with van der Waals surface area (Å²) in [5, 5.41) is 14.6. The third-order valence-corrected chi connectivity index (χ3v) is 3.60. The highest BCUT2D eigenvalue weighted by Gasteiger charge is 2.19. The number of carboxylic acids is 1. The highest BCUT2D eigenvalue weighted by molar-refractivity contribution is 9.10. The van der Waals surface area contributed by atoms with Crippen molar-refractivity contribution in [2.24, 2.45) is 11.8 Å². The summed E-state index contributed by atoms with van der Waals surface area (Å²) >= 11 is 9.26. The van der Waals surface area contributed by atoms with Gasteiger partial charge in [0.25, 0.3) is 0 Å². The van der Waals surface area contributed by atoms with Crippen molar-refractivity contribution in [3.8, 4) is 0 Å². The molecule has 1 aromatic carbocycles. The van der Waals surface area contributed by atoms with Crippen LogP contribution in [-0.2, 0) is 4.79 Å². The van der Waals surface area contributed by atoms with Crippen LogP contribution in [0.15, 0.2) is 22.7 Å². The number of aliphatic carboxylic acids is 1. The van der Waals surface area contributed by atoms with E-state index in [4.69, 9.17) is 16.7 Å². The van der Waals surface area contributed by atoms with Crippen LogP contribution < -0.4 is 10.6 Å². The van der Waals surface area contributed by atoms with Gasteiger partial charge in [0.05, 0.1) is 16.6 Å². The number of hydrogen-bond donors (Lipinski definition) is 3. The molecule has 0 saturated carbocycles. The van der Waals surface area contributed by atoms with Gasteiger partial charge in [-0.05, 0) is 30.5 Å². The van der Waals surface area contributed by atoms with Gasteiger partial charge in [0.1, 0.15) is 0 Å². The molecule has 0 aliphatic heterocycles. The Morgan fingerprint density at radius 1 is 1.38 bits per heavy atom. The quantitative estimate of drug-likeness (QED) is 0.702. The second-order valence-electron chi connectivity index (χ2n) is 5.12. The number of amides is 2. The minimum atomic E-state index is -0.911. The topological polar surface area (TPSA) is 78.4 Å². The average molecular weight is 378 g/mol. The van der Waals surface area contributed by atoms with Crippen LogP contribution >= 0.6 is 27.5 Å². The van der Waals surface area contributed by atoms with E-state index >= 15 is 0 Å². The van der Waals surface area contributed by atoms with Crippen molar-refractivity contribution in [2.45, 2.75) is 20.3 Å². The van der Waals surface area contributed by atoms with Crippen LogP contribution in [0, 0.1) is 11.8 Å². The second kappa shape index (κ2) is 8.24. The average Bonchev–Trinajstić information content (AvgIpc) is 2.37. The third-order valence-electron chi connectivity index (χ3n) is 2.79. The monoisotopic (exact) mass is 376 g/mol. The Balaban J connectivity index is 2.54. The van der Waals surface area contributed by atoms with E-state index < -0.39 is 17.9 Å². The summed E-state index contributed by atoms with van der Waals surface area (Å²) in [6.07, 6.45) is 0.509. The smallest absolute Gasteiger partial charge is 0.319 e. The first-order valence-corrected chi connectivity index (χ1v) is 7.69. The molecule has 0 saturated heterocycles. The molecule has 1 rings (SSSR count). The van der Waals surface area contributed by atoms with Crippen LogP contribution in [-0.4, -0.2) is 23.7 Å². The van der Waals surface area contributed by atoms with Gasteiger partial charge in [0.15, 0.2) is 0 Å². The molecule has 0 bridgehead atoms. The normalized spacial score (nSPS) is 12.0. The van der Waals surface area contributed by atoms with Crippen molar-refractivity contribution in [2.75, 3.05) is 11.9 Å². The number of anilines is 1. The Kier molecular flexibility index (Phi) is 6.98. The van der Waals surface area contributed by atoms with Crippen LogP contribution in [0.3, 0.4) is 0 Å². The molecule has 3 N–H and O–H groups in total. The number of rotatable bonds is 6. The molecule has 1 unspecified atom stereocenters. The highest BCUT2D eigenvalue weighted by Crippen LogP contribution is 2.25. The summed E-state index contributed by atoms with van der Waals surface area (Å²) in [6.45, 7) is 3.96. The summed E-state index contributed by atoms with van der Waals surface area (Å²) < 4.78 is 0.807. The summed E-state index contributed by atoms with van der Waals surface area (Å²) in [5.41, 5.74) is 0.466. The van der Waals surface area contributed by atoms with Gasteiger partial charge in [-0.25, -0.2) is 4.79 Å². The molecule has 5 nitrogen and oxygen atoms in total. The van der Waals surface area contributed by atoms with E-state index in [1.807, 2.05) is 13.8 Å².